The Morgan fingerprint density at radius 3 is 2.49 bits per heavy atom. The minimum atomic E-state index is -0.389. The average molecular weight is 470 g/mol. The first-order valence-corrected chi connectivity index (χ1v) is 11.8. The molecule has 2 aliphatic rings. The summed E-state index contributed by atoms with van der Waals surface area (Å²) in [5.41, 5.74) is 6.81. The summed E-state index contributed by atoms with van der Waals surface area (Å²) in [5.74, 6) is -0.937. The highest BCUT2D eigenvalue weighted by Gasteiger charge is 2.41. The number of rotatable bonds is 2. The van der Waals surface area contributed by atoms with Crippen molar-refractivity contribution >= 4 is 39.4 Å². The van der Waals surface area contributed by atoms with Gasteiger partial charge in [0.1, 0.15) is 0 Å². The molecule has 0 saturated heterocycles. The Hall–Kier alpha value is -4.07. The summed E-state index contributed by atoms with van der Waals surface area (Å²) in [6, 6.07) is 12.3. The van der Waals surface area contributed by atoms with Gasteiger partial charge < -0.3 is 9.88 Å². The van der Waals surface area contributed by atoms with Gasteiger partial charge in [-0.05, 0) is 49.2 Å². The summed E-state index contributed by atoms with van der Waals surface area (Å²) in [7, 11) is 3.52. The van der Waals surface area contributed by atoms with Gasteiger partial charge >= 0.3 is 5.69 Å². The predicted octanol–water partition coefficient (Wildman–Crippen LogP) is 3.61. The molecule has 0 saturated carbocycles. The van der Waals surface area contributed by atoms with Crippen LogP contribution in [0.2, 0.25) is 0 Å². The van der Waals surface area contributed by atoms with E-state index < -0.39 is 0 Å². The first-order chi connectivity index (χ1) is 16.7. The second-order valence-corrected chi connectivity index (χ2v) is 9.79. The molecule has 4 heterocycles. The molecule has 8 nitrogen and oxygen atoms in total. The highest BCUT2D eigenvalue weighted by atomic mass is 16.2. The van der Waals surface area contributed by atoms with E-state index in [9.17, 15) is 14.4 Å². The molecule has 6 rings (SSSR count). The topological polar surface area (TPSA) is 81.3 Å². The lowest BCUT2D eigenvalue weighted by atomic mass is 9.84. The lowest BCUT2D eigenvalue weighted by molar-refractivity contribution is -0.139. The van der Waals surface area contributed by atoms with Crippen molar-refractivity contribution in [1.29, 1.82) is 0 Å². The van der Waals surface area contributed by atoms with Gasteiger partial charge in [0.2, 0.25) is 5.91 Å². The van der Waals surface area contributed by atoms with Crippen LogP contribution in [-0.4, -0.2) is 37.0 Å². The molecule has 178 valence electrons. The van der Waals surface area contributed by atoms with E-state index in [0.717, 1.165) is 44.4 Å². The maximum atomic E-state index is 13.7. The molecule has 0 unspecified atom stereocenters. The number of carbonyl (C=O) groups is 2. The van der Waals surface area contributed by atoms with Crippen molar-refractivity contribution in [3.8, 4) is 0 Å². The van der Waals surface area contributed by atoms with Crippen LogP contribution in [0.4, 0.5) is 5.69 Å². The summed E-state index contributed by atoms with van der Waals surface area (Å²) >= 11 is 0. The third-order valence-corrected chi connectivity index (χ3v) is 7.46. The highest BCUT2D eigenvalue weighted by Crippen LogP contribution is 2.47. The van der Waals surface area contributed by atoms with Crippen molar-refractivity contribution < 1.29 is 9.59 Å². The number of hydrogen-bond donors (Lipinski definition) is 1. The number of imide groups is 1. The molecule has 2 aromatic carbocycles. The second-order valence-electron chi connectivity index (χ2n) is 9.79. The van der Waals surface area contributed by atoms with Gasteiger partial charge in [0.15, 0.2) is 0 Å². The van der Waals surface area contributed by atoms with E-state index in [1.807, 2.05) is 30.3 Å². The third-order valence-electron chi connectivity index (χ3n) is 7.46. The quantitative estimate of drug-likeness (QED) is 0.486. The van der Waals surface area contributed by atoms with Gasteiger partial charge in [-0.3, -0.25) is 23.6 Å². The van der Waals surface area contributed by atoms with E-state index in [2.05, 4.69) is 36.0 Å². The number of amides is 2. The molecular weight excluding hydrogens is 442 g/mol. The van der Waals surface area contributed by atoms with Gasteiger partial charge in [-0.25, -0.2) is 4.79 Å². The molecule has 0 spiro atoms. The number of fused-ring (bicyclic) bond motifs is 1. The number of nitrogens with one attached hydrogen (secondary N) is 1. The smallest absolute Gasteiger partial charge is 0.328 e. The Morgan fingerprint density at radius 2 is 1.77 bits per heavy atom. The fourth-order valence-corrected chi connectivity index (χ4v) is 5.71. The molecule has 1 N–H and O–H groups in total. The standard InChI is InChI=1S/C27H27N5O3/c1-14(2)31-12-17-23(16-9-10-20-22(11-16)30(5)27(35)29(20)4)25-19(13-32(15(3)33)26(25)34)28-18-7-6-8-21(31)24(17)18/h6-12,14,23,28H,13H2,1-5H3/t23-/m1/s1. The Labute approximate surface area is 202 Å². The molecular formula is C27H27N5O3. The zero-order valence-electron chi connectivity index (χ0n) is 20.4. The average Bonchev–Trinajstić information content (AvgIpc) is 3.40. The molecule has 2 aromatic heterocycles. The van der Waals surface area contributed by atoms with E-state index in [4.69, 9.17) is 0 Å². The van der Waals surface area contributed by atoms with Crippen LogP contribution in [-0.2, 0) is 23.7 Å². The Bertz CT molecular complexity index is 1680. The number of imidazole rings is 1. The van der Waals surface area contributed by atoms with Crippen molar-refractivity contribution in [2.24, 2.45) is 14.1 Å². The number of aromatic nitrogens is 3. The normalized spacial score (nSPS) is 17.5. The predicted molar refractivity (Wildman–Crippen MR) is 135 cm³/mol. The summed E-state index contributed by atoms with van der Waals surface area (Å²) < 4.78 is 5.48. The number of aryl methyl sites for hydroxylation is 2. The molecule has 0 bridgehead atoms. The SMILES string of the molecule is CC(=O)N1CC2=C(C1=O)[C@H](c1ccc3c(c1)n(C)c(=O)n3C)c1cn(C(C)C)c3cccc(c13)N2. The first kappa shape index (κ1) is 21.5. The molecule has 8 heteroatoms. The fourth-order valence-electron chi connectivity index (χ4n) is 5.71. The lowest BCUT2D eigenvalue weighted by Gasteiger charge is -2.20. The molecule has 0 radical (unpaired) electrons. The Kier molecular flexibility index (Phi) is 4.42. The Balaban J connectivity index is 1.69. The van der Waals surface area contributed by atoms with E-state index >= 15 is 0 Å². The van der Waals surface area contributed by atoms with E-state index in [1.54, 1.807) is 23.2 Å². The first-order valence-electron chi connectivity index (χ1n) is 11.8. The second kappa shape index (κ2) is 7.21. The zero-order chi connectivity index (χ0) is 24.8. The molecule has 2 amide bonds. The lowest BCUT2D eigenvalue weighted by Crippen LogP contribution is -2.33. The van der Waals surface area contributed by atoms with Gasteiger partial charge in [-0.2, -0.15) is 0 Å². The van der Waals surface area contributed by atoms with Crippen LogP contribution in [0.15, 0.2) is 58.7 Å². The van der Waals surface area contributed by atoms with Gasteiger partial charge in [0.25, 0.3) is 5.91 Å². The van der Waals surface area contributed by atoms with Crippen molar-refractivity contribution in [3.63, 3.8) is 0 Å². The summed E-state index contributed by atoms with van der Waals surface area (Å²) in [6.45, 7) is 5.92. The number of nitrogens with zero attached hydrogens (tertiary/aromatic N) is 4. The minimum Gasteiger partial charge on any atom is -0.356 e. The van der Waals surface area contributed by atoms with E-state index in [-0.39, 0.29) is 36.0 Å². The minimum absolute atomic E-state index is 0.0991. The van der Waals surface area contributed by atoms with E-state index in [0.29, 0.717) is 5.57 Å². The largest absolute Gasteiger partial charge is 0.356 e. The van der Waals surface area contributed by atoms with Crippen molar-refractivity contribution in [3.05, 3.63) is 75.5 Å². The van der Waals surface area contributed by atoms with Gasteiger partial charge in [-0.1, -0.05) is 12.1 Å². The summed E-state index contributed by atoms with van der Waals surface area (Å²) in [6.07, 6.45) is 2.14. The van der Waals surface area contributed by atoms with Crippen molar-refractivity contribution in [2.75, 3.05) is 11.9 Å². The molecule has 1 atom stereocenters. The number of hydrogen-bond acceptors (Lipinski definition) is 4. The van der Waals surface area contributed by atoms with Crippen LogP contribution < -0.4 is 11.0 Å². The van der Waals surface area contributed by atoms with Gasteiger partial charge in [-0.15, -0.1) is 0 Å². The third kappa shape index (κ3) is 2.82. The molecule has 2 aliphatic heterocycles. The summed E-state index contributed by atoms with van der Waals surface area (Å²) in [5, 5.41) is 4.58. The molecule has 0 aliphatic carbocycles. The van der Waals surface area contributed by atoms with Gasteiger partial charge in [0.05, 0.1) is 28.7 Å². The van der Waals surface area contributed by atoms with E-state index in [1.165, 1.54) is 11.8 Å². The number of anilines is 1. The summed E-state index contributed by atoms with van der Waals surface area (Å²) in [4.78, 5) is 39.9. The number of benzene rings is 2. The molecule has 35 heavy (non-hydrogen) atoms. The maximum absolute atomic E-state index is 13.7. The van der Waals surface area contributed by atoms with Crippen LogP contribution >= 0.6 is 0 Å². The zero-order valence-corrected chi connectivity index (χ0v) is 20.4. The van der Waals surface area contributed by atoms with Crippen LogP contribution in [0.1, 0.15) is 43.9 Å². The van der Waals surface area contributed by atoms with Crippen LogP contribution in [0.25, 0.3) is 21.9 Å². The fraction of sp³-hybridized carbons (Fsp3) is 0.296. The van der Waals surface area contributed by atoms with Crippen molar-refractivity contribution in [1.82, 2.24) is 18.6 Å². The maximum Gasteiger partial charge on any atom is 0.328 e. The Morgan fingerprint density at radius 1 is 1.03 bits per heavy atom. The molecule has 0 fully saturated rings. The van der Waals surface area contributed by atoms with Crippen molar-refractivity contribution in [2.45, 2.75) is 32.7 Å². The molecule has 4 aromatic rings. The van der Waals surface area contributed by atoms with Crippen LogP contribution in [0, 0.1) is 0 Å². The highest BCUT2D eigenvalue weighted by molar-refractivity contribution is 6.11. The van der Waals surface area contributed by atoms with Crippen LogP contribution in [0.5, 0.6) is 0 Å². The van der Waals surface area contributed by atoms with Gasteiger partial charge in [0, 0.05) is 55.9 Å². The monoisotopic (exact) mass is 469 g/mol. The number of carbonyl (C=O) groups excluding carboxylic acids is 2. The van der Waals surface area contributed by atoms with Crippen LogP contribution in [0.3, 0.4) is 0 Å².